The van der Waals surface area contributed by atoms with E-state index in [9.17, 15) is 4.79 Å². The predicted octanol–water partition coefficient (Wildman–Crippen LogP) is 2.54. The number of hydrogen-bond donors (Lipinski definition) is 2. The van der Waals surface area contributed by atoms with Crippen LogP contribution in [0.5, 0.6) is 0 Å². The van der Waals surface area contributed by atoms with Crippen molar-refractivity contribution in [3.05, 3.63) is 58.5 Å². The van der Waals surface area contributed by atoms with E-state index in [4.69, 9.17) is 4.74 Å². The number of carbonyl (C=O) groups excluding carboxylic acids is 1. The minimum absolute atomic E-state index is 0.195. The molecule has 0 radical (unpaired) electrons. The van der Waals surface area contributed by atoms with Crippen LogP contribution in [0.1, 0.15) is 33.0 Å². The second-order valence-corrected chi connectivity index (χ2v) is 6.17. The van der Waals surface area contributed by atoms with Crippen LogP contribution >= 0.6 is 0 Å². The Hall–Kier alpha value is -2.93. The second kappa shape index (κ2) is 6.18. The van der Waals surface area contributed by atoms with E-state index in [-0.39, 0.29) is 5.91 Å². The fourth-order valence-corrected chi connectivity index (χ4v) is 3.04. The molecule has 3 heterocycles. The molecule has 7 heteroatoms. The molecule has 2 aromatic heterocycles. The maximum absolute atomic E-state index is 12.5. The van der Waals surface area contributed by atoms with E-state index in [0.717, 1.165) is 34.8 Å². The van der Waals surface area contributed by atoms with E-state index in [1.165, 1.54) is 0 Å². The van der Waals surface area contributed by atoms with Crippen molar-refractivity contribution in [3.63, 3.8) is 0 Å². The zero-order valence-electron chi connectivity index (χ0n) is 14.2. The lowest BCUT2D eigenvalue weighted by atomic mass is 10.1. The zero-order valence-corrected chi connectivity index (χ0v) is 14.2. The highest BCUT2D eigenvalue weighted by atomic mass is 16.5. The Labute approximate surface area is 145 Å². The number of aromatic nitrogens is 4. The average molecular weight is 337 g/mol. The summed E-state index contributed by atoms with van der Waals surface area (Å²) in [4.78, 5) is 12.5. The SMILES string of the molecule is Cc1cc(C)n(-c2ccc(C(=O)Nc3n[nH]c4c3COCC4)cc2)n1. The number of aryl methyl sites for hydroxylation is 2. The molecule has 0 atom stereocenters. The maximum atomic E-state index is 12.5. The average Bonchev–Trinajstić information content (AvgIpc) is 3.18. The molecule has 0 bridgehead atoms. The molecule has 0 unspecified atom stereocenters. The summed E-state index contributed by atoms with van der Waals surface area (Å²) in [6, 6.07) is 9.37. The number of hydrogen-bond acceptors (Lipinski definition) is 4. The molecule has 1 aromatic carbocycles. The first kappa shape index (κ1) is 15.6. The number of anilines is 1. The quantitative estimate of drug-likeness (QED) is 0.769. The van der Waals surface area contributed by atoms with Crippen molar-refractivity contribution in [2.75, 3.05) is 11.9 Å². The van der Waals surface area contributed by atoms with Crippen LogP contribution in [0.3, 0.4) is 0 Å². The topological polar surface area (TPSA) is 84.8 Å². The molecule has 0 saturated carbocycles. The third-order valence-corrected chi connectivity index (χ3v) is 4.31. The Morgan fingerprint density at radius 1 is 1.28 bits per heavy atom. The van der Waals surface area contributed by atoms with E-state index in [2.05, 4.69) is 20.6 Å². The maximum Gasteiger partial charge on any atom is 0.256 e. The smallest absolute Gasteiger partial charge is 0.256 e. The van der Waals surface area contributed by atoms with Gasteiger partial charge >= 0.3 is 0 Å². The van der Waals surface area contributed by atoms with E-state index in [0.29, 0.717) is 24.6 Å². The Morgan fingerprint density at radius 3 is 2.80 bits per heavy atom. The number of benzene rings is 1. The van der Waals surface area contributed by atoms with Crippen LogP contribution in [-0.2, 0) is 17.8 Å². The number of nitrogens with one attached hydrogen (secondary N) is 2. The molecule has 1 aliphatic heterocycles. The molecule has 0 saturated heterocycles. The number of H-pyrrole nitrogens is 1. The Kier molecular flexibility index (Phi) is 3.85. The largest absolute Gasteiger partial charge is 0.376 e. The summed E-state index contributed by atoms with van der Waals surface area (Å²) >= 11 is 0. The lowest BCUT2D eigenvalue weighted by Gasteiger charge is -2.12. The van der Waals surface area contributed by atoms with Crippen molar-refractivity contribution in [2.45, 2.75) is 26.9 Å². The summed E-state index contributed by atoms with van der Waals surface area (Å²) in [7, 11) is 0. The summed E-state index contributed by atoms with van der Waals surface area (Å²) < 4.78 is 7.30. The van der Waals surface area contributed by atoms with Crippen LogP contribution in [0, 0.1) is 13.8 Å². The van der Waals surface area contributed by atoms with Crippen LogP contribution in [0.2, 0.25) is 0 Å². The summed E-state index contributed by atoms with van der Waals surface area (Å²) in [5.74, 6) is 0.349. The fourth-order valence-electron chi connectivity index (χ4n) is 3.04. The first-order valence-electron chi connectivity index (χ1n) is 8.21. The molecular weight excluding hydrogens is 318 g/mol. The van der Waals surface area contributed by atoms with Gasteiger partial charge in [0, 0.05) is 28.9 Å². The molecular formula is C18H19N5O2. The van der Waals surface area contributed by atoms with E-state index in [1.54, 1.807) is 12.1 Å². The number of ether oxygens (including phenoxy) is 1. The minimum Gasteiger partial charge on any atom is -0.376 e. The van der Waals surface area contributed by atoms with Gasteiger partial charge in [0.05, 0.1) is 24.6 Å². The predicted molar refractivity (Wildman–Crippen MR) is 92.9 cm³/mol. The Bertz CT molecular complexity index is 924. The van der Waals surface area contributed by atoms with Crippen LogP contribution < -0.4 is 5.32 Å². The lowest BCUT2D eigenvalue weighted by molar-refractivity contribution is 0.102. The normalized spacial score (nSPS) is 13.5. The molecule has 2 N–H and O–H groups in total. The molecule has 0 aliphatic carbocycles. The van der Waals surface area contributed by atoms with Gasteiger partial charge in [-0.1, -0.05) is 0 Å². The highest BCUT2D eigenvalue weighted by molar-refractivity contribution is 6.04. The van der Waals surface area contributed by atoms with Crippen LogP contribution in [0.4, 0.5) is 5.82 Å². The van der Waals surface area contributed by atoms with Gasteiger partial charge in [-0.15, -0.1) is 0 Å². The van der Waals surface area contributed by atoms with E-state index < -0.39 is 0 Å². The molecule has 0 fully saturated rings. The van der Waals surface area contributed by atoms with E-state index >= 15 is 0 Å². The molecule has 25 heavy (non-hydrogen) atoms. The Morgan fingerprint density at radius 2 is 2.08 bits per heavy atom. The molecule has 7 nitrogen and oxygen atoms in total. The van der Waals surface area contributed by atoms with Crippen molar-refractivity contribution in [1.82, 2.24) is 20.0 Å². The molecule has 128 valence electrons. The second-order valence-electron chi connectivity index (χ2n) is 6.17. The number of aromatic amines is 1. The number of rotatable bonds is 3. The zero-order chi connectivity index (χ0) is 17.4. The molecule has 4 rings (SSSR count). The summed E-state index contributed by atoms with van der Waals surface area (Å²) in [6.07, 6.45) is 0.787. The Balaban J connectivity index is 1.53. The van der Waals surface area contributed by atoms with Gasteiger partial charge in [-0.2, -0.15) is 10.2 Å². The van der Waals surface area contributed by atoms with Gasteiger partial charge in [0.25, 0.3) is 5.91 Å². The van der Waals surface area contributed by atoms with Gasteiger partial charge in [-0.25, -0.2) is 4.68 Å². The monoisotopic (exact) mass is 337 g/mol. The van der Waals surface area contributed by atoms with Crippen molar-refractivity contribution < 1.29 is 9.53 Å². The van der Waals surface area contributed by atoms with Crippen LogP contribution in [-0.4, -0.2) is 32.5 Å². The third kappa shape index (κ3) is 2.94. The van der Waals surface area contributed by atoms with Crippen molar-refractivity contribution in [3.8, 4) is 5.69 Å². The number of amides is 1. The van der Waals surface area contributed by atoms with Gasteiger partial charge in [0.1, 0.15) is 0 Å². The highest BCUT2D eigenvalue weighted by Crippen LogP contribution is 2.22. The number of nitrogens with zero attached hydrogens (tertiary/aromatic N) is 3. The van der Waals surface area contributed by atoms with Gasteiger partial charge in [0.15, 0.2) is 5.82 Å². The van der Waals surface area contributed by atoms with Gasteiger partial charge < -0.3 is 10.1 Å². The molecule has 1 amide bonds. The third-order valence-electron chi connectivity index (χ3n) is 4.31. The lowest BCUT2D eigenvalue weighted by Crippen LogP contribution is -2.15. The van der Waals surface area contributed by atoms with Crippen molar-refractivity contribution >= 4 is 11.7 Å². The first-order valence-corrected chi connectivity index (χ1v) is 8.21. The fraction of sp³-hybridized carbons (Fsp3) is 0.278. The van der Waals surface area contributed by atoms with Crippen molar-refractivity contribution in [2.24, 2.45) is 0 Å². The summed E-state index contributed by atoms with van der Waals surface area (Å²) in [5.41, 5.74) is 5.47. The van der Waals surface area contributed by atoms with Gasteiger partial charge in [0.2, 0.25) is 0 Å². The highest BCUT2D eigenvalue weighted by Gasteiger charge is 2.19. The molecule has 0 spiro atoms. The van der Waals surface area contributed by atoms with Gasteiger partial charge in [-0.3, -0.25) is 9.89 Å². The van der Waals surface area contributed by atoms with Crippen LogP contribution in [0.15, 0.2) is 30.3 Å². The molecule has 3 aromatic rings. The minimum atomic E-state index is -0.195. The van der Waals surface area contributed by atoms with Crippen LogP contribution in [0.25, 0.3) is 5.69 Å². The van der Waals surface area contributed by atoms with E-state index in [1.807, 2.05) is 36.7 Å². The first-order chi connectivity index (χ1) is 12.1. The summed E-state index contributed by atoms with van der Waals surface area (Å²) in [6.45, 7) is 5.11. The summed E-state index contributed by atoms with van der Waals surface area (Å²) in [5, 5.41) is 14.5. The van der Waals surface area contributed by atoms with Crippen molar-refractivity contribution in [1.29, 1.82) is 0 Å². The van der Waals surface area contributed by atoms with Gasteiger partial charge in [-0.05, 0) is 44.2 Å². The number of fused-ring (bicyclic) bond motifs is 1. The molecule has 1 aliphatic rings. The standard InChI is InChI=1S/C18H19N5O2/c1-11-9-12(2)23(22-11)14-5-3-13(4-6-14)18(24)19-17-15-10-25-8-7-16(15)20-21-17/h3-6,9H,7-8,10H2,1-2H3,(H2,19,20,21,24). The number of carbonyl (C=O) groups is 1.